The maximum absolute atomic E-state index is 2.38. The van der Waals surface area contributed by atoms with Crippen molar-refractivity contribution < 1.29 is 0 Å². The lowest BCUT2D eigenvalue weighted by atomic mass is 9.83. The second kappa shape index (κ2) is 38.9. The summed E-state index contributed by atoms with van der Waals surface area (Å²) in [5, 5.41) is 0. The van der Waals surface area contributed by atoms with Gasteiger partial charge >= 0.3 is 0 Å². The molecule has 4 fully saturated rings. The molecule has 3 unspecified atom stereocenters. The van der Waals surface area contributed by atoms with E-state index in [1.54, 1.807) is 0 Å². The molecule has 4 aliphatic carbocycles. The first kappa shape index (κ1) is 64.9. The zero-order valence-electron chi connectivity index (χ0n) is 43.6. The fourth-order valence-corrected chi connectivity index (χ4v) is 5.57. The maximum atomic E-state index is 2.38. The second-order valence-electron chi connectivity index (χ2n) is 21.9. The summed E-state index contributed by atoms with van der Waals surface area (Å²) in [6.45, 7) is 60.1. The van der Waals surface area contributed by atoms with Crippen LogP contribution in [0.3, 0.4) is 0 Å². The highest BCUT2D eigenvalue weighted by Crippen LogP contribution is 2.41. The highest BCUT2D eigenvalue weighted by atomic mass is 14.4. The lowest BCUT2D eigenvalue weighted by Crippen LogP contribution is -2.13. The molecule has 0 N–H and O–H groups in total. The smallest absolute Gasteiger partial charge is 0.0329 e. The summed E-state index contributed by atoms with van der Waals surface area (Å²) in [4.78, 5) is 0. The van der Waals surface area contributed by atoms with Crippen LogP contribution in [0.5, 0.6) is 0 Å². The van der Waals surface area contributed by atoms with Gasteiger partial charge in [0, 0.05) is 0 Å². The Balaban J connectivity index is -0.000000119. The average Bonchev–Trinajstić information content (AvgIpc) is 3.83. The standard InChI is InChI=1S/2C8H16.C7H14.C6H12.C6H14.2C5H12.C4H10.2C2H6/c1-7-5-4-6-8(7,2)3;1-6-4-5-7(2)8(6)3;1-6-4-3-5-7(6)2;1-6-4-2-3-5-6;1-5-6(2,3)4;1-5(2,3)4;1-4-5(2)3;1-4(2)3;2*1-2/h7H,4-6H2,1-3H3;6-8H,4-5H2,1-3H3;6-7H,3-5H2,1-2H3;6H,2-5H2,1H3;5H2,1-4H3;1-4H3;5H,4H2,1-3H3;4H,1-3H3;2*1-2H3/t7-;;6-,7?;;;;;;;/m1.1......./s1. The summed E-state index contributed by atoms with van der Waals surface area (Å²) >= 11 is 0. The SMILES string of the molecule is CC.CC.CC(C)(C)C.CC(C)C.CC1CCC(C)C1C.CC1CCCC1.CC1CCC[C@H]1C.CCC(C)(C)C.CCC(C)C.C[C@@H]1CCCC1(C)C. The van der Waals surface area contributed by atoms with Crippen molar-refractivity contribution in [2.45, 2.75) is 277 Å². The van der Waals surface area contributed by atoms with E-state index in [4.69, 9.17) is 0 Å². The Labute approximate surface area is 345 Å². The first-order chi connectivity index (χ1) is 24.1. The van der Waals surface area contributed by atoms with Crippen LogP contribution in [0.2, 0.25) is 0 Å². The summed E-state index contributed by atoms with van der Waals surface area (Å²) in [5.74, 6) is 8.72. The molecular formula is C53H118. The number of rotatable bonds is 1. The van der Waals surface area contributed by atoms with E-state index in [0.717, 1.165) is 53.3 Å². The van der Waals surface area contributed by atoms with E-state index in [-0.39, 0.29) is 0 Å². The topological polar surface area (TPSA) is 0 Å². The fraction of sp³-hybridized carbons (Fsp3) is 1.00. The predicted molar refractivity (Wildman–Crippen MR) is 257 cm³/mol. The van der Waals surface area contributed by atoms with Crippen LogP contribution in [0, 0.1) is 69.5 Å². The maximum Gasteiger partial charge on any atom is -0.0329 e. The lowest BCUT2D eigenvalue weighted by molar-refractivity contribution is 0.281. The van der Waals surface area contributed by atoms with E-state index < -0.39 is 0 Å². The quantitative estimate of drug-likeness (QED) is 0.250. The molecule has 4 saturated carbocycles. The van der Waals surface area contributed by atoms with Gasteiger partial charge in [0.15, 0.2) is 0 Å². The van der Waals surface area contributed by atoms with Crippen LogP contribution >= 0.6 is 0 Å². The minimum absolute atomic E-state index is 0.500. The minimum Gasteiger partial charge on any atom is -0.0683 e. The summed E-state index contributed by atoms with van der Waals surface area (Å²) in [5.41, 5.74) is 1.69. The van der Waals surface area contributed by atoms with Crippen molar-refractivity contribution >= 4 is 0 Å². The van der Waals surface area contributed by atoms with Crippen LogP contribution in [0.25, 0.3) is 0 Å². The molecule has 0 saturated heterocycles. The molecule has 0 bridgehead atoms. The van der Waals surface area contributed by atoms with Gasteiger partial charge in [-0.1, -0.05) is 270 Å². The third kappa shape index (κ3) is 56.4. The molecule has 0 aromatic heterocycles. The van der Waals surface area contributed by atoms with Gasteiger partial charge in [-0.15, -0.1) is 0 Å². The molecular weight excluding hydrogens is 637 g/mol. The van der Waals surface area contributed by atoms with Crippen LogP contribution < -0.4 is 0 Å². The van der Waals surface area contributed by atoms with Gasteiger partial charge in [-0.2, -0.15) is 0 Å². The van der Waals surface area contributed by atoms with Crippen molar-refractivity contribution in [3.8, 4) is 0 Å². The van der Waals surface area contributed by atoms with Crippen molar-refractivity contribution in [1.82, 2.24) is 0 Å². The highest BCUT2D eigenvalue weighted by Gasteiger charge is 2.30. The van der Waals surface area contributed by atoms with Gasteiger partial charge in [-0.05, 0) is 75.9 Å². The molecule has 53 heavy (non-hydrogen) atoms. The molecule has 0 radical (unpaired) electrons. The Kier molecular flexibility index (Phi) is 47.6. The summed E-state index contributed by atoms with van der Waals surface area (Å²) in [7, 11) is 0. The van der Waals surface area contributed by atoms with Gasteiger partial charge < -0.3 is 0 Å². The molecule has 4 aliphatic rings. The zero-order chi connectivity index (χ0) is 43.6. The molecule has 330 valence electrons. The molecule has 0 amide bonds. The molecule has 0 spiro atoms. The molecule has 0 aromatic carbocycles. The van der Waals surface area contributed by atoms with Crippen molar-refractivity contribution in [1.29, 1.82) is 0 Å². The third-order valence-corrected chi connectivity index (χ3v) is 11.5. The van der Waals surface area contributed by atoms with Crippen LogP contribution in [0.15, 0.2) is 0 Å². The van der Waals surface area contributed by atoms with Crippen molar-refractivity contribution in [3.63, 3.8) is 0 Å². The van der Waals surface area contributed by atoms with Gasteiger partial charge in [0.2, 0.25) is 0 Å². The fourth-order valence-electron chi connectivity index (χ4n) is 5.57. The van der Waals surface area contributed by atoms with E-state index in [9.17, 15) is 0 Å². The Bertz CT molecular complexity index is 634. The molecule has 0 aromatic rings. The molecule has 5 atom stereocenters. The zero-order valence-corrected chi connectivity index (χ0v) is 43.6. The second-order valence-corrected chi connectivity index (χ2v) is 21.9. The largest absolute Gasteiger partial charge is 0.0683 e. The Morgan fingerprint density at radius 2 is 0.811 bits per heavy atom. The van der Waals surface area contributed by atoms with Crippen LogP contribution in [0.4, 0.5) is 0 Å². The van der Waals surface area contributed by atoms with Gasteiger partial charge in [-0.3, -0.25) is 0 Å². The van der Waals surface area contributed by atoms with E-state index in [1.807, 2.05) is 27.7 Å². The van der Waals surface area contributed by atoms with E-state index in [2.05, 4.69) is 159 Å². The molecule has 4 rings (SSSR count). The molecule has 0 nitrogen and oxygen atoms in total. The van der Waals surface area contributed by atoms with Gasteiger partial charge in [-0.25, -0.2) is 0 Å². The van der Waals surface area contributed by atoms with Crippen molar-refractivity contribution in [2.75, 3.05) is 0 Å². The first-order valence-corrected chi connectivity index (χ1v) is 24.1. The molecule has 0 heterocycles. The lowest BCUT2D eigenvalue weighted by Gasteiger charge is -2.22. The Hall–Kier alpha value is 0. The van der Waals surface area contributed by atoms with E-state index in [1.165, 1.54) is 89.9 Å². The monoisotopic (exact) mass is 755 g/mol. The van der Waals surface area contributed by atoms with Gasteiger partial charge in [0.25, 0.3) is 0 Å². The molecule has 0 aliphatic heterocycles. The molecule has 0 heteroatoms. The third-order valence-electron chi connectivity index (χ3n) is 11.5. The highest BCUT2D eigenvalue weighted by molar-refractivity contribution is 4.81. The van der Waals surface area contributed by atoms with Gasteiger partial charge in [0.1, 0.15) is 0 Å². The van der Waals surface area contributed by atoms with Crippen molar-refractivity contribution in [2.24, 2.45) is 69.5 Å². The van der Waals surface area contributed by atoms with Crippen LogP contribution in [0.1, 0.15) is 277 Å². The van der Waals surface area contributed by atoms with Crippen LogP contribution in [-0.4, -0.2) is 0 Å². The summed E-state index contributed by atoms with van der Waals surface area (Å²) in [6, 6.07) is 0. The first-order valence-electron chi connectivity index (χ1n) is 24.1. The number of hydrogen-bond donors (Lipinski definition) is 0. The normalized spacial score (nSPS) is 25.3. The van der Waals surface area contributed by atoms with E-state index >= 15 is 0 Å². The van der Waals surface area contributed by atoms with Crippen molar-refractivity contribution in [3.05, 3.63) is 0 Å². The Morgan fingerprint density at radius 3 is 0.887 bits per heavy atom. The Morgan fingerprint density at radius 1 is 0.509 bits per heavy atom. The summed E-state index contributed by atoms with van der Waals surface area (Å²) in [6.07, 6.45) is 20.2. The predicted octanol–water partition coefficient (Wildman–Crippen LogP) is 20.4. The average molecular weight is 756 g/mol. The van der Waals surface area contributed by atoms with E-state index in [0.29, 0.717) is 16.2 Å². The minimum atomic E-state index is 0.500. The van der Waals surface area contributed by atoms with Crippen LogP contribution in [-0.2, 0) is 0 Å². The summed E-state index contributed by atoms with van der Waals surface area (Å²) < 4.78 is 0. The van der Waals surface area contributed by atoms with Gasteiger partial charge in [0.05, 0.1) is 0 Å². The number of hydrogen-bond acceptors (Lipinski definition) is 0.